The number of hydrogen-bond donors (Lipinski definition) is 1. The minimum Gasteiger partial charge on any atom is -0.497 e. The Balaban J connectivity index is 1.52. The van der Waals surface area contributed by atoms with E-state index in [1.807, 2.05) is 12.1 Å². The van der Waals surface area contributed by atoms with Gasteiger partial charge >= 0.3 is 0 Å². The first kappa shape index (κ1) is 19.7. The molecular weight excluding hydrogens is 358 g/mol. The molecule has 1 N–H and O–H groups in total. The molecule has 1 saturated carbocycles. The highest BCUT2D eigenvalue weighted by atomic mass is 16.5. The molecule has 2 aromatic rings. The van der Waals surface area contributed by atoms with Crippen LogP contribution in [0.2, 0.25) is 0 Å². The van der Waals surface area contributed by atoms with Gasteiger partial charge in [0.2, 0.25) is 11.8 Å². The molecule has 0 saturated heterocycles. The molecule has 1 aromatic carbocycles. The van der Waals surface area contributed by atoms with Crippen LogP contribution < -0.4 is 14.8 Å². The molecule has 7 heteroatoms. The smallest absolute Gasteiger partial charge is 0.228 e. The molecule has 0 spiro atoms. The van der Waals surface area contributed by atoms with Gasteiger partial charge in [0, 0.05) is 32.1 Å². The van der Waals surface area contributed by atoms with Gasteiger partial charge in [0.15, 0.2) is 0 Å². The van der Waals surface area contributed by atoms with E-state index in [1.165, 1.54) is 7.11 Å². The van der Waals surface area contributed by atoms with Crippen molar-refractivity contribution in [2.24, 2.45) is 11.8 Å². The number of amides is 2. The summed E-state index contributed by atoms with van der Waals surface area (Å²) < 4.78 is 10.5. The van der Waals surface area contributed by atoms with Crippen LogP contribution in [-0.4, -0.2) is 49.5 Å². The van der Waals surface area contributed by atoms with Crippen LogP contribution in [0.25, 0.3) is 0 Å². The minimum atomic E-state index is -0.303. The summed E-state index contributed by atoms with van der Waals surface area (Å²) in [5.41, 5.74) is 1.70. The molecule has 0 aliphatic heterocycles. The van der Waals surface area contributed by atoms with E-state index in [1.54, 1.807) is 49.7 Å². The van der Waals surface area contributed by atoms with Crippen LogP contribution in [0.3, 0.4) is 0 Å². The highest BCUT2D eigenvalue weighted by molar-refractivity contribution is 6.00. The van der Waals surface area contributed by atoms with Crippen LogP contribution in [0.5, 0.6) is 11.5 Å². The zero-order chi connectivity index (χ0) is 20.1. The van der Waals surface area contributed by atoms with E-state index in [0.717, 1.165) is 12.0 Å². The Hall–Kier alpha value is -3.09. The second kappa shape index (κ2) is 8.73. The number of ether oxygens (including phenoxy) is 2. The normalized spacial score (nSPS) is 17.5. The Morgan fingerprint density at radius 2 is 1.89 bits per heavy atom. The first-order valence-corrected chi connectivity index (χ1v) is 9.20. The molecule has 2 unspecified atom stereocenters. The molecule has 1 fully saturated rings. The average Bonchev–Trinajstić information content (AvgIpc) is 3.53. The first-order valence-electron chi connectivity index (χ1n) is 9.20. The number of methoxy groups -OCH3 is 2. The van der Waals surface area contributed by atoms with E-state index in [9.17, 15) is 9.59 Å². The number of rotatable bonds is 8. The molecular formula is C21H25N3O4. The van der Waals surface area contributed by atoms with Gasteiger partial charge in [-0.15, -0.1) is 0 Å². The van der Waals surface area contributed by atoms with Crippen molar-refractivity contribution in [3.63, 3.8) is 0 Å². The topological polar surface area (TPSA) is 80.8 Å². The zero-order valence-corrected chi connectivity index (χ0v) is 16.3. The number of nitrogens with one attached hydrogen (secondary N) is 1. The number of benzene rings is 1. The van der Waals surface area contributed by atoms with Crippen LogP contribution in [0.4, 0.5) is 5.69 Å². The van der Waals surface area contributed by atoms with Crippen molar-refractivity contribution in [3.8, 4) is 11.5 Å². The molecule has 1 aromatic heterocycles. The molecule has 0 radical (unpaired) electrons. The van der Waals surface area contributed by atoms with Crippen molar-refractivity contribution in [1.82, 2.24) is 9.88 Å². The molecule has 7 nitrogen and oxygen atoms in total. The molecule has 2 atom stereocenters. The van der Waals surface area contributed by atoms with Crippen molar-refractivity contribution in [2.45, 2.75) is 12.8 Å². The predicted molar refractivity (Wildman–Crippen MR) is 105 cm³/mol. The van der Waals surface area contributed by atoms with Crippen molar-refractivity contribution < 1.29 is 19.1 Å². The SMILES string of the molecule is COc1ccc(NC(=O)C2CC2C(=O)N(C)CCc2ccncc2)c(OC)c1. The number of hydrogen-bond acceptors (Lipinski definition) is 5. The predicted octanol–water partition coefficient (Wildman–Crippen LogP) is 2.37. The van der Waals surface area contributed by atoms with Crippen LogP contribution in [0, 0.1) is 11.8 Å². The standard InChI is InChI=1S/C21H25N3O4/c1-24(11-8-14-6-9-22-10-7-14)21(26)17-13-16(17)20(25)23-18-5-4-15(27-2)12-19(18)28-3/h4-7,9-10,12,16-17H,8,11,13H2,1-3H3,(H,23,25). The number of likely N-dealkylation sites (N-methyl/N-ethyl adjacent to an activating group) is 1. The lowest BCUT2D eigenvalue weighted by molar-refractivity contribution is -0.132. The number of pyridine rings is 1. The van der Waals surface area contributed by atoms with Crippen LogP contribution in [0.15, 0.2) is 42.7 Å². The lowest BCUT2D eigenvalue weighted by atomic mass is 10.2. The second-order valence-corrected chi connectivity index (χ2v) is 6.87. The third-order valence-corrected chi connectivity index (χ3v) is 4.97. The molecule has 3 rings (SSSR count). The Bertz CT molecular complexity index is 841. The van der Waals surface area contributed by atoms with Gasteiger partial charge in [0.1, 0.15) is 11.5 Å². The van der Waals surface area contributed by atoms with Crippen molar-refractivity contribution in [2.75, 3.05) is 33.1 Å². The number of aromatic nitrogens is 1. The summed E-state index contributed by atoms with van der Waals surface area (Å²) in [4.78, 5) is 30.8. The summed E-state index contributed by atoms with van der Waals surface area (Å²) in [6.45, 7) is 0.611. The largest absolute Gasteiger partial charge is 0.497 e. The van der Waals surface area contributed by atoms with Crippen LogP contribution in [-0.2, 0) is 16.0 Å². The van der Waals surface area contributed by atoms with Gasteiger partial charge in [-0.25, -0.2) is 0 Å². The molecule has 1 aliphatic carbocycles. The number of carbonyl (C=O) groups excluding carboxylic acids is 2. The van der Waals surface area contributed by atoms with Crippen LogP contribution >= 0.6 is 0 Å². The molecule has 0 bridgehead atoms. The monoisotopic (exact) mass is 383 g/mol. The van der Waals surface area contributed by atoms with E-state index in [-0.39, 0.29) is 23.7 Å². The Morgan fingerprint density at radius 3 is 2.57 bits per heavy atom. The molecule has 1 heterocycles. The fourth-order valence-corrected chi connectivity index (χ4v) is 3.12. The summed E-state index contributed by atoms with van der Waals surface area (Å²) in [6, 6.07) is 9.07. The highest BCUT2D eigenvalue weighted by Gasteiger charge is 2.49. The lowest BCUT2D eigenvalue weighted by Crippen LogP contribution is -2.31. The van der Waals surface area contributed by atoms with Gasteiger partial charge < -0.3 is 19.7 Å². The van der Waals surface area contributed by atoms with Gasteiger partial charge in [-0.05, 0) is 42.7 Å². The van der Waals surface area contributed by atoms with Gasteiger partial charge in [-0.3, -0.25) is 14.6 Å². The van der Waals surface area contributed by atoms with E-state index in [4.69, 9.17) is 9.47 Å². The minimum absolute atomic E-state index is 0.0101. The van der Waals surface area contributed by atoms with Gasteiger partial charge in [-0.2, -0.15) is 0 Å². The summed E-state index contributed by atoms with van der Waals surface area (Å²) in [5, 5.41) is 2.86. The van der Waals surface area contributed by atoms with Gasteiger partial charge in [0.05, 0.1) is 31.7 Å². The molecule has 2 amide bonds. The highest BCUT2D eigenvalue weighted by Crippen LogP contribution is 2.41. The van der Waals surface area contributed by atoms with E-state index < -0.39 is 0 Å². The summed E-state index contributed by atoms with van der Waals surface area (Å²) in [6.07, 6.45) is 4.82. The molecule has 1 aliphatic rings. The Kier molecular flexibility index (Phi) is 6.13. The molecule has 28 heavy (non-hydrogen) atoms. The van der Waals surface area contributed by atoms with Crippen LogP contribution in [0.1, 0.15) is 12.0 Å². The quantitative estimate of drug-likeness (QED) is 0.757. The Labute approximate surface area is 164 Å². The van der Waals surface area contributed by atoms with Crippen molar-refractivity contribution >= 4 is 17.5 Å². The summed E-state index contributed by atoms with van der Waals surface area (Å²) in [5.74, 6) is 0.450. The maximum Gasteiger partial charge on any atom is 0.228 e. The lowest BCUT2D eigenvalue weighted by Gasteiger charge is -2.17. The molecule has 148 valence electrons. The fraction of sp³-hybridized carbons (Fsp3) is 0.381. The van der Waals surface area contributed by atoms with E-state index in [0.29, 0.717) is 30.2 Å². The Morgan fingerprint density at radius 1 is 1.14 bits per heavy atom. The second-order valence-electron chi connectivity index (χ2n) is 6.87. The van der Waals surface area contributed by atoms with E-state index >= 15 is 0 Å². The number of nitrogens with zero attached hydrogens (tertiary/aromatic N) is 2. The van der Waals surface area contributed by atoms with Crippen molar-refractivity contribution in [3.05, 3.63) is 48.3 Å². The average molecular weight is 383 g/mol. The van der Waals surface area contributed by atoms with Crippen molar-refractivity contribution in [1.29, 1.82) is 0 Å². The first-order chi connectivity index (χ1) is 13.5. The van der Waals surface area contributed by atoms with Gasteiger partial charge in [-0.1, -0.05) is 0 Å². The number of carbonyl (C=O) groups is 2. The van der Waals surface area contributed by atoms with E-state index in [2.05, 4.69) is 10.3 Å². The summed E-state index contributed by atoms with van der Waals surface area (Å²) in [7, 11) is 4.88. The summed E-state index contributed by atoms with van der Waals surface area (Å²) >= 11 is 0. The third kappa shape index (κ3) is 4.60. The maximum atomic E-state index is 12.6. The maximum absolute atomic E-state index is 12.6. The fourth-order valence-electron chi connectivity index (χ4n) is 3.12. The van der Waals surface area contributed by atoms with Gasteiger partial charge in [0.25, 0.3) is 0 Å². The third-order valence-electron chi connectivity index (χ3n) is 4.97. The zero-order valence-electron chi connectivity index (χ0n) is 16.3. The number of anilines is 1.